The zero-order chi connectivity index (χ0) is 19.2. The highest BCUT2D eigenvalue weighted by molar-refractivity contribution is 6.03. The molecule has 1 heterocycles. The number of halogens is 1. The molecule has 0 bridgehead atoms. The van der Waals surface area contributed by atoms with E-state index in [1.54, 1.807) is 30.3 Å². The van der Waals surface area contributed by atoms with Gasteiger partial charge in [-0.2, -0.15) is 0 Å². The van der Waals surface area contributed by atoms with Crippen LogP contribution in [0.3, 0.4) is 0 Å². The van der Waals surface area contributed by atoms with E-state index >= 15 is 0 Å². The summed E-state index contributed by atoms with van der Waals surface area (Å²) in [5.74, 6) is 0.631. The van der Waals surface area contributed by atoms with Crippen LogP contribution in [0, 0.1) is 5.82 Å². The summed E-state index contributed by atoms with van der Waals surface area (Å²) >= 11 is 0. The first-order valence-electron chi connectivity index (χ1n) is 7.97. The average molecular weight is 368 g/mol. The van der Waals surface area contributed by atoms with Crippen molar-refractivity contribution in [2.45, 2.75) is 0 Å². The zero-order valence-corrected chi connectivity index (χ0v) is 14.7. The summed E-state index contributed by atoms with van der Waals surface area (Å²) in [5, 5.41) is 5.62. The number of ether oxygens (including phenoxy) is 2. The first-order valence-corrected chi connectivity index (χ1v) is 7.97. The standard InChI is InChI=1S/C19H17FN4O3/c1-26-14-6-7-17(27-2)15(9-14)24-19(25)16-10-22-18(11-21-16)23-13-5-3-4-12(20)8-13/h3-11H,1-2H3,(H,22,23)(H,24,25). The van der Waals surface area contributed by atoms with Gasteiger partial charge in [-0.1, -0.05) is 6.07 Å². The molecule has 3 rings (SSSR count). The molecule has 0 fully saturated rings. The van der Waals surface area contributed by atoms with Gasteiger partial charge >= 0.3 is 0 Å². The Morgan fingerprint density at radius 1 is 1.04 bits per heavy atom. The van der Waals surface area contributed by atoms with Crippen molar-refractivity contribution in [2.24, 2.45) is 0 Å². The third-order valence-electron chi connectivity index (χ3n) is 3.64. The lowest BCUT2D eigenvalue weighted by Gasteiger charge is -2.11. The summed E-state index contributed by atoms with van der Waals surface area (Å²) in [5.41, 5.74) is 1.10. The van der Waals surface area contributed by atoms with Crippen molar-refractivity contribution in [2.75, 3.05) is 24.9 Å². The van der Waals surface area contributed by atoms with Gasteiger partial charge in [0.1, 0.15) is 28.8 Å². The smallest absolute Gasteiger partial charge is 0.275 e. The maximum absolute atomic E-state index is 13.2. The van der Waals surface area contributed by atoms with Crippen LogP contribution < -0.4 is 20.1 Å². The fraction of sp³-hybridized carbons (Fsp3) is 0.105. The molecule has 2 aromatic carbocycles. The van der Waals surface area contributed by atoms with E-state index < -0.39 is 5.91 Å². The summed E-state index contributed by atoms with van der Waals surface area (Å²) in [4.78, 5) is 20.6. The van der Waals surface area contributed by atoms with Gasteiger partial charge in [-0.25, -0.2) is 14.4 Å². The minimum absolute atomic E-state index is 0.115. The molecule has 0 saturated heterocycles. The molecule has 0 aliphatic heterocycles. The molecule has 8 heteroatoms. The zero-order valence-electron chi connectivity index (χ0n) is 14.7. The van der Waals surface area contributed by atoms with Crippen LogP contribution in [0.5, 0.6) is 11.5 Å². The van der Waals surface area contributed by atoms with Gasteiger partial charge < -0.3 is 20.1 Å². The molecule has 138 valence electrons. The molecule has 0 saturated carbocycles. The predicted octanol–water partition coefficient (Wildman–Crippen LogP) is 3.63. The van der Waals surface area contributed by atoms with E-state index in [1.165, 1.54) is 38.7 Å². The molecule has 3 aromatic rings. The molecular weight excluding hydrogens is 351 g/mol. The van der Waals surface area contributed by atoms with E-state index in [1.807, 2.05) is 0 Å². The van der Waals surface area contributed by atoms with E-state index in [0.717, 1.165) is 0 Å². The minimum atomic E-state index is -0.452. The molecule has 2 N–H and O–H groups in total. The van der Waals surface area contributed by atoms with E-state index in [0.29, 0.717) is 28.7 Å². The van der Waals surface area contributed by atoms with Crippen molar-refractivity contribution in [3.8, 4) is 11.5 Å². The lowest BCUT2D eigenvalue weighted by molar-refractivity contribution is 0.102. The number of amides is 1. The van der Waals surface area contributed by atoms with Crippen molar-refractivity contribution in [1.82, 2.24) is 9.97 Å². The number of carbonyl (C=O) groups is 1. The highest BCUT2D eigenvalue weighted by Crippen LogP contribution is 2.29. The molecule has 0 unspecified atom stereocenters. The quantitative estimate of drug-likeness (QED) is 0.691. The van der Waals surface area contributed by atoms with Gasteiger partial charge in [0.25, 0.3) is 5.91 Å². The fourth-order valence-electron chi connectivity index (χ4n) is 2.32. The molecule has 0 spiro atoms. The maximum Gasteiger partial charge on any atom is 0.275 e. The summed E-state index contributed by atoms with van der Waals surface area (Å²) < 4.78 is 23.6. The van der Waals surface area contributed by atoms with Crippen LogP contribution in [-0.4, -0.2) is 30.1 Å². The summed E-state index contributed by atoms with van der Waals surface area (Å²) in [7, 11) is 3.04. The number of carbonyl (C=O) groups excluding carboxylic acids is 1. The van der Waals surface area contributed by atoms with Crippen LogP contribution >= 0.6 is 0 Å². The Labute approximate surface area is 155 Å². The van der Waals surface area contributed by atoms with Crippen molar-refractivity contribution in [3.63, 3.8) is 0 Å². The van der Waals surface area contributed by atoms with Crippen LogP contribution in [0.4, 0.5) is 21.6 Å². The fourth-order valence-corrected chi connectivity index (χ4v) is 2.32. The molecule has 0 aliphatic rings. The number of methoxy groups -OCH3 is 2. The number of nitrogens with one attached hydrogen (secondary N) is 2. The largest absolute Gasteiger partial charge is 0.497 e. The Kier molecular flexibility index (Phi) is 5.46. The predicted molar refractivity (Wildman–Crippen MR) is 99.2 cm³/mol. The third kappa shape index (κ3) is 4.49. The van der Waals surface area contributed by atoms with Gasteiger partial charge in [-0.3, -0.25) is 4.79 Å². The Balaban J connectivity index is 1.72. The van der Waals surface area contributed by atoms with E-state index in [4.69, 9.17) is 9.47 Å². The molecule has 7 nitrogen and oxygen atoms in total. The first-order chi connectivity index (χ1) is 13.1. The van der Waals surface area contributed by atoms with Crippen molar-refractivity contribution >= 4 is 23.1 Å². The number of hydrogen-bond donors (Lipinski definition) is 2. The number of aromatic nitrogens is 2. The maximum atomic E-state index is 13.2. The topological polar surface area (TPSA) is 85.4 Å². The van der Waals surface area contributed by atoms with Crippen LogP contribution in [-0.2, 0) is 0 Å². The Morgan fingerprint density at radius 3 is 2.56 bits per heavy atom. The number of anilines is 3. The minimum Gasteiger partial charge on any atom is -0.497 e. The highest BCUT2D eigenvalue weighted by atomic mass is 19.1. The summed E-state index contributed by atoms with van der Waals surface area (Å²) in [6.07, 6.45) is 2.71. The number of rotatable bonds is 6. The van der Waals surface area contributed by atoms with Gasteiger partial charge in [-0.05, 0) is 30.3 Å². The second-order valence-corrected chi connectivity index (χ2v) is 5.44. The highest BCUT2D eigenvalue weighted by Gasteiger charge is 2.13. The molecule has 0 radical (unpaired) electrons. The molecule has 0 atom stereocenters. The molecular formula is C19H17FN4O3. The van der Waals surface area contributed by atoms with Gasteiger partial charge in [0.15, 0.2) is 0 Å². The van der Waals surface area contributed by atoms with Crippen LogP contribution in [0.25, 0.3) is 0 Å². The van der Waals surface area contributed by atoms with Crippen LogP contribution in [0.1, 0.15) is 10.5 Å². The summed E-state index contributed by atoms with van der Waals surface area (Å²) in [6.45, 7) is 0. The van der Waals surface area contributed by atoms with Gasteiger partial charge in [0, 0.05) is 11.8 Å². The lowest BCUT2D eigenvalue weighted by atomic mass is 10.2. The Bertz CT molecular complexity index is 948. The van der Waals surface area contributed by atoms with Crippen LogP contribution in [0.2, 0.25) is 0 Å². The molecule has 1 amide bonds. The first kappa shape index (κ1) is 18.1. The number of nitrogens with zero attached hydrogens (tertiary/aromatic N) is 2. The third-order valence-corrected chi connectivity index (χ3v) is 3.64. The van der Waals surface area contributed by atoms with E-state index in [-0.39, 0.29) is 11.5 Å². The molecule has 1 aromatic heterocycles. The lowest BCUT2D eigenvalue weighted by Crippen LogP contribution is -2.15. The van der Waals surface area contributed by atoms with Gasteiger partial charge in [0.2, 0.25) is 0 Å². The molecule has 27 heavy (non-hydrogen) atoms. The van der Waals surface area contributed by atoms with E-state index in [9.17, 15) is 9.18 Å². The van der Waals surface area contributed by atoms with Crippen molar-refractivity contribution in [3.05, 3.63) is 66.4 Å². The van der Waals surface area contributed by atoms with Crippen LogP contribution in [0.15, 0.2) is 54.9 Å². The van der Waals surface area contributed by atoms with Gasteiger partial charge in [0.05, 0.1) is 32.3 Å². The average Bonchev–Trinajstić information content (AvgIpc) is 2.68. The molecule has 0 aliphatic carbocycles. The Morgan fingerprint density at radius 2 is 1.89 bits per heavy atom. The monoisotopic (exact) mass is 368 g/mol. The second-order valence-electron chi connectivity index (χ2n) is 5.44. The Hall–Kier alpha value is -3.68. The SMILES string of the molecule is COc1ccc(OC)c(NC(=O)c2cnc(Nc3cccc(F)c3)cn2)c1. The van der Waals surface area contributed by atoms with Gasteiger partial charge in [-0.15, -0.1) is 0 Å². The van der Waals surface area contributed by atoms with Crippen molar-refractivity contribution < 1.29 is 18.7 Å². The summed E-state index contributed by atoms with van der Waals surface area (Å²) in [6, 6.07) is 11.0. The van der Waals surface area contributed by atoms with E-state index in [2.05, 4.69) is 20.6 Å². The normalized spacial score (nSPS) is 10.2. The second kappa shape index (κ2) is 8.13. The van der Waals surface area contributed by atoms with Crippen molar-refractivity contribution in [1.29, 1.82) is 0 Å². The number of hydrogen-bond acceptors (Lipinski definition) is 6. The number of benzene rings is 2.